The number of nitrogens with one attached hydrogen (secondary N) is 1. The maximum absolute atomic E-state index is 6.16. The van der Waals surface area contributed by atoms with E-state index in [0.717, 1.165) is 17.9 Å². The fourth-order valence-corrected chi connectivity index (χ4v) is 3.08. The Morgan fingerprint density at radius 3 is 3.11 bits per heavy atom. The summed E-state index contributed by atoms with van der Waals surface area (Å²) in [5.41, 5.74) is 1.10. The molecule has 0 spiro atoms. The van der Waals surface area contributed by atoms with Crippen LogP contribution in [-0.2, 0) is 6.54 Å². The van der Waals surface area contributed by atoms with Gasteiger partial charge in [0.2, 0.25) is 6.79 Å². The van der Waals surface area contributed by atoms with Gasteiger partial charge in [-0.05, 0) is 36.1 Å². The molecule has 3 rings (SSSR count). The van der Waals surface area contributed by atoms with Gasteiger partial charge in [0.15, 0.2) is 11.5 Å². The molecule has 1 N–H and O–H groups in total. The van der Waals surface area contributed by atoms with Gasteiger partial charge in [-0.25, -0.2) is 0 Å². The Morgan fingerprint density at radius 1 is 1.42 bits per heavy atom. The zero-order chi connectivity index (χ0) is 13.2. The van der Waals surface area contributed by atoms with Gasteiger partial charge >= 0.3 is 0 Å². The molecule has 1 aliphatic rings. The van der Waals surface area contributed by atoms with E-state index in [9.17, 15) is 0 Å². The molecule has 0 aliphatic carbocycles. The quantitative estimate of drug-likeness (QED) is 0.925. The molecule has 0 saturated heterocycles. The van der Waals surface area contributed by atoms with Gasteiger partial charge in [-0.2, -0.15) is 0 Å². The number of hydrogen-bond donors (Lipinski definition) is 1. The third kappa shape index (κ3) is 2.71. The normalized spacial score (nSPS) is 14.6. The lowest BCUT2D eigenvalue weighted by Crippen LogP contribution is -2.17. The van der Waals surface area contributed by atoms with Crippen LogP contribution in [0.2, 0.25) is 5.02 Å². The maximum Gasteiger partial charge on any atom is 0.231 e. The summed E-state index contributed by atoms with van der Waals surface area (Å²) in [7, 11) is 0. The van der Waals surface area contributed by atoms with Crippen molar-refractivity contribution in [1.82, 2.24) is 5.32 Å². The third-order valence-corrected chi connectivity index (χ3v) is 4.41. The number of rotatable bonds is 4. The first-order valence-electron chi connectivity index (χ1n) is 6.09. The predicted octanol–water partition coefficient (Wildman–Crippen LogP) is 3.98. The molecule has 0 saturated carbocycles. The lowest BCUT2D eigenvalue weighted by molar-refractivity contribution is 0.174. The number of ether oxygens (including phenoxy) is 2. The number of halogens is 1. The first kappa shape index (κ1) is 12.8. The Hall–Kier alpha value is -1.23. The van der Waals surface area contributed by atoms with Crippen LogP contribution in [0.25, 0.3) is 0 Å². The predicted molar refractivity (Wildman–Crippen MR) is 77.1 cm³/mol. The lowest BCUT2D eigenvalue weighted by atomic mass is 10.2. The van der Waals surface area contributed by atoms with Crippen molar-refractivity contribution in [3.63, 3.8) is 0 Å². The molecule has 0 fully saturated rings. The average Bonchev–Trinajstić information content (AvgIpc) is 3.06. The monoisotopic (exact) mass is 295 g/mol. The highest BCUT2D eigenvalue weighted by Gasteiger charge is 2.18. The number of thiophene rings is 1. The van der Waals surface area contributed by atoms with Crippen LogP contribution in [-0.4, -0.2) is 6.79 Å². The highest BCUT2D eigenvalue weighted by Crippen LogP contribution is 2.39. The van der Waals surface area contributed by atoms with E-state index in [1.54, 1.807) is 11.3 Å². The Balaban J connectivity index is 1.69. The molecular formula is C14H14ClNO2S. The molecule has 2 aromatic rings. The molecule has 2 heterocycles. The summed E-state index contributed by atoms with van der Waals surface area (Å²) < 4.78 is 10.7. The van der Waals surface area contributed by atoms with E-state index in [4.69, 9.17) is 21.1 Å². The van der Waals surface area contributed by atoms with E-state index < -0.39 is 0 Å². The summed E-state index contributed by atoms with van der Waals surface area (Å²) in [6.45, 7) is 3.15. The van der Waals surface area contributed by atoms with Crippen molar-refractivity contribution in [2.24, 2.45) is 0 Å². The Kier molecular flexibility index (Phi) is 3.64. The smallest absolute Gasteiger partial charge is 0.231 e. The molecule has 0 radical (unpaired) electrons. The molecule has 19 heavy (non-hydrogen) atoms. The lowest BCUT2D eigenvalue weighted by Gasteiger charge is -2.12. The van der Waals surface area contributed by atoms with Gasteiger partial charge < -0.3 is 14.8 Å². The SMILES string of the molecule is CC(NCc1cc(Cl)c2c(c1)OCO2)c1cccs1. The van der Waals surface area contributed by atoms with Crippen molar-refractivity contribution in [3.8, 4) is 11.5 Å². The van der Waals surface area contributed by atoms with Crippen molar-refractivity contribution in [3.05, 3.63) is 45.1 Å². The van der Waals surface area contributed by atoms with Crippen LogP contribution < -0.4 is 14.8 Å². The van der Waals surface area contributed by atoms with Gasteiger partial charge in [0.1, 0.15) is 0 Å². The molecule has 3 nitrogen and oxygen atoms in total. The van der Waals surface area contributed by atoms with Crippen molar-refractivity contribution in [2.45, 2.75) is 19.5 Å². The fourth-order valence-electron chi connectivity index (χ4n) is 2.03. The second-order valence-corrected chi connectivity index (χ2v) is 5.82. The van der Waals surface area contributed by atoms with Crippen LogP contribution >= 0.6 is 22.9 Å². The number of hydrogen-bond acceptors (Lipinski definition) is 4. The second kappa shape index (κ2) is 5.41. The van der Waals surface area contributed by atoms with E-state index in [2.05, 4.69) is 29.8 Å². The number of benzene rings is 1. The maximum atomic E-state index is 6.16. The van der Waals surface area contributed by atoms with Crippen LogP contribution in [0, 0.1) is 0 Å². The molecular weight excluding hydrogens is 282 g/mol. The molecule has 1 aliphatic heterocycles. The fraction of sp³-hybridized carbons (Fsp3) is 0.286. The molecule has 0 amide bonds. The standard InChI is InChI=1S/C14H14ClNO2S/c1-9(13-3-2-4-19-13)16-7-10-5-11(15)14-12(6-10)17-8-18-14/h2-6,9,16H,7-8H2,1H3. The first-order chi connectivity index (χ1) is 9.24. The minimum atomic E-state index is 0.248. The highest BCUT2D eigenvalue weighted by atomic mass is 35.5. The molecule has 1 atom stereocenters. The van der Waals surface area contributed by atoms with E-state index in [1.165, 1.54) is 4.88 Å². The van der Waals surface area contributed by atoms with Crippen molar-refractivity contribution in [2.75, 3.05) is 6.79 Å². The van der Waals surface area contributed by atoms with Crippen molar-refractivity contribution >= 4 is 22.9 Å². The molecule has 0 bridgehead atoms. The summed E-state index contributed by atoms with van der Waals surface area (Å²) in [4.78, 5) is 1.33. The minimum absolute atomic E-state index is 0.248. The minimum Gasteiger partial charge on any atom is -0.454 e. The van der Waals surface area contributed by atoms with Gasteiger partial charge in [0.25, 0.3) is 0 Å². The summed E-state index contributed by atoms with van der Waals surface area (Å²) in [5.74, 6) is 1.38. The molecule has 1 aromatic carbocycles. The van der Waals surface area contributed by atoms with E-state index >= 15 is 0 Å². The van der Waals surface area contributed by atoms with E-state index in [1.807, 2.05) is 12.1 Å². The Bertz CT molecular complexity index is 571. The van der Waals surface area contributed by atoms with Gasteiger partial charge in [0, 0.05) is 17.5 Å². The first-order valence-corrected chi connectivity index (χ1v) is 7.34. The number of fused-ring (bicyclic) bond motifs is 1. The summed E-state index contributed by atoms with van der Waals surface area (Å²) in [5, 5.41) is 6.17. The van der Waals surface area contributed by atoms with Crippen LogP contribution in [0.15, 0.2) is 29.6 Å². The third-order valence-electron chi connectivity index (χ3n) is 3.07. The van der Waals surface area contributed by atoms with Crippen LogP contribution in [0.1, 0.15) is 23.4 Å². The topological polar surface area (TPSA) is 30.5 Å². The van der Waals surface area contributed by atoms with Gasteiger partial charge in [-0.15, -0.1) is 11.3 Å². The van der Waals surface area contributed by atoms with Gasteiger partial charge in [-0.1, -0.05) is 17.7 Å². The molecule has 1 aromatic heterocycles. The van der Waals surface area contributed by atoms with Crippen molar-refractivity contribution in [1.29, 1.82) is 0 Å². The van der Waals surface area contributed by atoms with E-state index in [0.29, 0.717) is 16.8 Å². The van der Waals surface area contributed by atoms with E-state index in [-0.39, 0.29) is 6.79 Å². The van der Waals surface area contributed by atoms with Crippen LogP contribution in [0.5, 0.6) is 11.5 Å². The Labute approximate surface area is 121 Å². The Morgan fingerprint density at radius 2 is 2.32 bits per heavy atom. The molecule has 5 heteroatoms. The molecule has 100 valence electrons. The second-order valence-electron chi connectivity index (χ2n) is 4.43. The largest absolute Gasteiger partial charge is 0.454 e. The van der Waals surface area contributed by atoms with Crippen molar-refractivity contribution < 1.29 is 9.47 Å². The van der Waals surface area contributed by atoms with Gasteiger partial charge in [-0.3, -0.25) is 0 Å². The summed E-state index contributed by atoms with van der Waals surface area (Å²) in [6, 6.07) is 8.42. The zero-order valence-electron chi connectivity index (χ0n) is 10.5. The average molecular weight is 296 g/mol. The zero-order valence-corrected chi connectivity index (χ0v) is 12.1. The highest BCUT2D eigenvalue weighted by molar-refractivity contribution is 7.10. The van der Waals surface area contributed by atoms with Gasteiger partial charge in [0.05, 0.1) is 5.02 Å². The molecule has 1 unspecified atom stereocenters. The summed E-state index contributed by atoms with van der Waals surface area (Å²) >= 11 is 7.92. The summed E-state index contributed by atoms with van der Waals surface area (Å²) in [6.07, 6.45) is 0. The van der Waals surface area contributed by atoms with Crippen LogP contribution in [0.3, 0.4) is 0 Å². The van der Waals surface area contributed by atoms with Crippen LogP contribution in [0.4, 0.5) is 0 Å².